The topological polar surface area (TPSA) is 58.6 Å². The van der Waals surface area contributed by atoms with Crippen molar-refractivity contribution in [3.63, 3.8) is 0 Å². The van der Waals surface area contributed by atoms with Crippen LogP contribution in [0.2, 0.25) is 0 Å². The third-order valence-electron chi connectivity index (χ3n) is 5.27. The van der Waals surface area contributed by atoms with Gasteiger partial charge in [0, 0.05) is 50.7 Å². The van der Waals surface area contributed by atoms with Gasteiger partial charge in [-0.3, -0.25) is 4.79 Å². The lowest BCUT2D eigenvalue weighted by atomic mass is 10.1. The van der Waals surface area contributed by atoms with Crippen LogP contribution in [-0.4, -0.2) is 54.1 Å². The van der Waals surface area contributed by atoms with Gasteiger partial charge in [-0.05, 0) is 12.0 Å². The highest BCUT2D eigenvalue weighted by atomic mass is 32.1. The van der Waals surface area contributed by atoms with Crippen LogP contribution in [0.5, 0.6) is 0 Å². The Morgan fingerprint density at radius 3 is 2.72 bits per heavy atom. The van der Waals surface area contributed by atoms with E-state index < -0.39 is 0 Å². The average Bonchev–Trinajstić information content (AvgIpc) is 3.02. The lowest BCUT2D eigenvalue weighted by molar-refractivity contribution is -0.130. The van der Waals surface area contributed by atoms with Crippen LogP contribution in [0.4, 0.5) is 5.82 Å². The molecule has 1 amide bonds. The number of benzene rings is 1. The Kier molecular flexibility index (Phi) is 6.06. The second kappa shape index (κ2) is 8.88. The van der Waals surface area contributed by atoms with Crippen molar-refractivity contribution in [1.29, 1.82) is 0 Å². The third kappa shape index (κ3) is 4.11. The number of nitrogens with zero attached hydrogens (tertiary/aromatic N) is 4. The van der Waals surface area contributed by atoms with Crippen molar-refractivity contribution in [3.8, 4) is 11.1 Å². The zero-order valence-corrected chi connectivity index (χ0v) is 17.7. The number of methoxy groups -OCH3 is 1. The van der Waals surface area contributed by atoms with E-state index in [-0.39, 0.29) is 5.91 Å². The van der Waals surface area contributed by atoms with Gasteiger partial charge < -0.3 is 14.5 Å². The summed E-state index contributed by atoms with van der Waals surface area (Å²) in [5, 5.41) is 3.26. The Labute approximate surface area is 175 Å². The van der Waals surface area contributed by atoms with E-state index in [9.17, 15) is 4.79 Å². The van der Waals surface area contributed by atoms with Crippen LogP contribution in [0.1, 0.15) is 25.6 Å². The molecule has 3 heterocycles. The van der Waals surface area contributed by atoms with Crippen LogP contribution >= 0.6 is 11.3 Å². The van der Waals surface area contributed by atoms with Crippen LogP contribution in [0.15, 0.2) is 35.7 Å². The van der Waals surface area contributed by atoms with Gasteiger partial charge in [-0.2, -0.15) is 0 Å². The normalized spacial score (nSPS) is 15.0. The molecule has 0 spiro atoms. The molecule has 1 saturated heterocycles. The lowest BCUT2D eigenvalue weighted by Gasteiger charge is -2.24. The predicted molar refractivity (Wildman–Crippen MR) is 117 cm³/mol. The number of hydrogen-bond acceptors (Lipinski definition) is 6. The van der Waals surface area contributed by atoms with E-state index in [0.717, 1.165) is 54.2 Å². The molecule has 4 rings (SSSR count). The van der Waals surface area contributed by atoms with Crippen molar-refractivity contribution in [2.45, 2.75) is 26.4 Å². The molecular formula is C22H26N4O2S. The minimum Gasteiger partial charge on any atom is -0.377 e. The number of amides is 1. The number of rotatable bonds is 5. The molecule has 0 aliphatic carbocycles. The van der Waals surface area contributed by atoms with Crippen LogP contribution in [0.25, 0.3) is 21.3 Å². The second-order valence-corrected chi connectivity index (χ2v) is 8.03. The van der Waals surface area contributed by atoms with E-state index in [1.165, 1.54) is 5.56 Å². The summed E-state index contributed by atoms with van der Waals surface area (Å²) in [7, 11) is 1.66. The number of fused-ring (bicyclic) bond motifs is 1. The molecule has 0 unspecified atom stereocenters. The smallest absolute Gasteiger partial charge is 0.222 e. The molecule has 0 bridgehead atoms. The number of carbonyl (C=O) groups excluding carboxylic acids is 1. The Bertz CT molecular complexity index is 989. The molecule has 0 N–H and O–H groups in total. The minimum absolute atomic E-state index is 0.222. The van der Waals surface area contributed by atoms with Gasteiger partial charge >= 0.3 is 0 Å². The zero-order valence-electron chi connectivity index (χ0n) is 16.9. The van der Waals surface area contributed by atoms with Crippen LogP contribution < -0.4 is 4.90 Å². The molecule has 1 aliphatic rings. The van der Waals surface area contributed by atoms with E-state index in [4.69, 9.17) is 14.7 Å². The summed E-state index contributed by atoms with van der Waals surface area (Å²) in [6.45, 7) is 5.48. The summed E-state index contributed by atoms with van der Waals surface area (Å²) >= 11 is 1.64. The molecule has 0 saturated carbocycles. The average molecular weight is 411 g/mol. The van der Waals surface area contributed by atoms with Crippen LogP contribution in [0, 0.1) is 0 Å². The van der Waals surface area contributed by atoms with Gasteiger partial charge in [-0.25, -0.2) is 9.97 Å². The highest BCUT2D eigenvalue weighted by molar-refractivity contribution is 7.17. The number of carbonyl (C=O) groups is 1. The maximum atomic E-state index is 12.2. The Balaban J connectivity index is 1.77. The Morgan fingerprint density at radius 2 is 1.97 bits per heavy atom. The molecule has 6 nitrogen and oxygen atoms in total. The molecule has 7 heteroatoms. The van der Waals surface area contributed by atoms with Gasteiger partial charge in [0.25, 0.3) is 0 Å². The van der Waals surface area contributed by atoms with Crippen molar-refractivity contribution in [3.05, 3.63) is 41.5 Å². The first-order valence-electron chi connectivity index (χ1n) is 10.1. The number of thiophene rings is 1. The summed E-state index contributed by atoms with van der Waals surface area (Å²) in [6.07, 6.45) is 1.49. The SMILES string of the molecule is CCC(=O)N1CCCN(c2nc(COC)nc3scc(-c4ccccc4)c23)CC1. The fourth-order valence-electron chi connectivity index (χ4n) is 3.82. The first kappa shape index (κ1) is 19.8. The zero-order chi connectivity index (χ0) is 20.2. The standard InChI is InChI=1S/C22H26N4O2S/c1-3-19(27)25-10-7-11-26(13-12-25)21-20-17(16-8-5-4-6-9-16)15-29-22(20)24-18(23-21)14-28-2/h4-6,8-9,15H,3,7,10-14H2,1-2H3. The van der Waals surface area contributed by atoms with Gasteiger partial charge in [0.1, 0.15) is 17.3 Å². The summed E-state index contributed by atoms with van der Waals surface area (Å²) in [4.78, 5) is 27.1. The maximum absolute atomic E-state index is 12.2. The summed E-state index contributed by atoms with van der Waals surface area (Å²) in [5.41, 5.74) is 2.33. The molecule has 0 radical (unpaired) electrons. The maximum Gasteiger partial charge on any atom is 0.222 e. The summed E-state index contributed by atoms with van der Waals surface area (Å²) in [5.74, 6) is 1.87. The highest BCUT2D eigenvalue weighted by Gasteiger charge is 2.23. The van der Waals surface area contributed by atoms with E-state index in [0.29, 0.717) is 18.9 Å². The third-order valence-corrected chi connectivity index (χ3v) is 6.14. The van der Waals surface area contributed by atoms with Crippen molar-refractivity contribution in [2.24, 2.45) is 0 Å². The summed E-state index contributed by atoms with van der Waals surface area (Å²) < 4.78 is 5.31. The molecule has 0 atom stereocenters. The number of ether oxygens (including phenoxy) is 1. The van der Waals surface area contributed by atoms with Gasteiger partial charge in [-0.15, -0.1) is 11.3 Å². The molecule has 1 aromatic carbocycles. The lowest BCUT2D eigenvalue weighted by Crippen LogP contribution is -2.35. The van der Waals surface area contributed by atoms with E-state index in [1.807, 2.05) is 17.9 Å². The summed E-state index contributed by atoms with van der Waals surface area (Å²) in [6, 6.07) is 10.4. The fraction of sp³-hybridized carbons (Fsp3) is 0.409. The van der Waals surface area contributed by atoms with Crippen molar-refractivity contribution in [2.75, 3.05) is 38.2 Å². The van der Waals surface area contributed by atoms with Crippen molar-refractivity contribution >= 4 is 33.3 Å². The number of aromatic nitrogens is 2. The van der Waals surface area contributed by atoms with Crippen LogP contribution in [-0.2, 0) is 16.1 Å². The predicted octanol–water partition coefficient (Wildman–Crippen LogP) is 3.95. The Morgan fingerprint density at radius 1 is 1.14 bits per heavy atom. The van der Waals surface area contributed by atoms with E-state index in [1.54, 1.807) is 18.4 Å². The molecule has 1 aliphatic heterocycles. The quantitative estimate of drug-likeness (QED) is 0.637. The van der Waals surface area contributed by atoms with Gasteiger partial charge in [-0.1, -0.05) is 37.3 Å². The van der Waals surface area contributed by atoms with Gasteiger partial charge in [0.2, 0.25) is 5.91 Å². The monoisotopic (exact) mass is 410 g/mol. The molecule has 1 fully saturated rings. The Hall–Kier alpha value is -2.51. The molecule has 152 valence electrons. The molecule has 2 aromatic heterocycles. The van der Waals surface area contributed by atoms with Crippen LogP contribution in [0.3, 0.4) is 0 Å². The first-order chi connectivity index (χ1) is 14.2. The minimum atomic E-state index is 0.222. The first-order valence-corrected chi connectivity index (χ1v) is 10.9. The van der Waals surface area contributed by atoms with E-state index >= 15 is 0 Å². The molecule has 29 heavy (non-hydrogen) atoms. The van der Waals surface area contributed by atoms with Gasteiger partial charge in [0.05, 0.1) is 5.39 Å². The molecule has 3 aromatic rings. The number of anilines is 1. The number of hydrogen-bond donors (Lipinski definition) is 0. The largest absolute Gasteiger partial charge is 0.377 e. The highest BCUT2D eigenvalue weighted by Crippen LogP contribution is 2.38. The van der Waals surface area contributed by atoms with Crippen molar-refractivity contribution in [1.82, 2.24) is 14.9 Å². The second-order valence-electron chi connectivity index (χ2n) is 7.17. The fourth-order valence-corrected chi connectivity index (χ4v) is 4.78. The van der Waals surface area contributed by atoms with Crippen molar-refractivity contribution < 1.29 is 9.53 Å². The van der Waals surface area contributed by atoms with E-state index in [2.05, 4.69) is 34.5 Å². The van der Waals surface area contributed by atoms with Gasteiger partial charge in [0.15, 0.2) is 5.82 Å². The molecular weight excluding hydrogens is 384 g/mol.